The molecular weight excluding hydrogens is 783 g/mol. The van der Waals surface area contributed by atoms with Crippen molar-refractivity contribution in [2.75, 3.05) is 56.7 Å². The number of nitrogen functional groups attached to an aromatic ring is 1. The maximum atomic E-state index is 13.8. The van der Waals surface area contributed by atoms with Crippen LogP contribution in [0.15, 0.2) is 84.0 Å². The van der Waals surface area contributed by atoms with E-state index in [0.717, 1.165) is 37.9 Å². The van der Waals surface area contributed by atoms with E-state index in [9.17, 15) is 13.2 Å². The molecule has 3 aromatic heterocycles. The van der Waals surface area contributed by atoms with E-state index in [1.165, 1.54) is 61.2 Å². The first-order valence-electron chi connectivity index (χ1n) is 21.0. The summed E-state index contributed by atoms with van der Waals surface area (Å²) in [6.07, 6.45) is 10.0. The number of anilines is 2. The van der Waals surface area contributed by atoms with Crippen LogP contribution in [0, 0.1) is 5.41 Å². The van der Waals surface area contributed by atoms with E-state index >= 15 is 0 Å². The van der Waals surface area contributed by atoms with E-state index < -0.39 is 15.9 Å². The summed E-state index contributed by atoms with van der Waals surface area (Å²) in [4.78, 5) is 31.0. The quantitative estimate of drug-likeness (QED) is 0.111. The molecule has 0 bridgehead atoms. The minimum absolute atomic E-state index is 0.0280. The molecule has 1 amide bonds. The van der Waals surface area contributed by atoms with E-state index in [0.29, 0.717) is 66.2 Å². The van der Waals surface area contributed by atoms with Gasteiger partial charge >= 0.3 is 0 Å². The Morgan fingerprint density at radius 2 is 1.88 bits per heavy atom. The topological polar surface area (TPSA) is 174 Å². The molecule has 1 saturated carbocycles. The zero-order chi connectivity index (χ0) is 41.4. The van der Waals surface area contributed by atoms with Gasteiger partial charge in [-0.15, -0.1) is 0 Å². The number of rotatable bonds is 12. The number of carbonyl (C=O) groups excluding carboxylic acids is 1. The molecule has 9 rings (SSSR count). The molecule has 3 aliphatic heterocycles. The van der Waals surface area contributed by atoms with Crippen molar-refractivity contribution in [2.45, 2.75) is 81.4 Å². The van der Waals surface area contributed by atoms with Crippen LogP contribution in [0.3, 0.4) is 0 Å². The number of fused-ring (bicyclic) bond motifs is 1. The number of ether oxygens (including phenoxy) is 4. The number of piperidine rings is 1. The molecule has 2 atom stereocenters. The highest BCUT2D eigenvalue weighted by molar-refractivity contribution is 7.90. The Morgan fingerprint density at radius 1 is 1.05 bits per heavy atom. The van der Waals surface area contributed by atoms with E-state index in [2.05, 4.69) is 62.6 Å². The van der Waals surface area contributed by atoms with Crippen LogP contribution in [0.1, 0.15) is 85.8 Å². The highest BCUT2D eigenvalue weighted by Crippen LogP contribution is 2.54. The van der Waals surface area contributed by atoms with Crippen molar-refractivity contribution in [3.8, 4) is 17.4 Å². The number of amides is 1. The molecule has 60 heavy (non-hydrogen) atoms. The second kappa shape index (κ2) is 16.7. The molecule has 6 heterocycles. The molecule has 4 fully saturated rings. The van der Waals surface area contributed by atoms with Gasteiger partial charge in [0.25, 0.3) is 15.9 Å². The molecule has 1 spiro atoms. The number of nitrogens with two attached hydrogens (primary N) is 1. The molecule has 15 heteroatoms. The summed E-state index contributed by atoms with van der Waals surface area (Å²) in [5.74, 6) is 0.879. The molecule has 0 radical (unpaired) electrons. The molecular formula is C45H53N7O7S. The third kappa shape index (κ3) is 8.27. The normalized spacial score (nSPS) is 21.0. The van der Waals surface area contributed by atoms with Crippen LogP contribution in [0.2, 0.25) is 0 Å². The van der Waals surface area contributed by atoms with Gasteiger partial charge in [0.1, 0.15) is 41.2 Å². The lowest BCUT2D eigenvalue weighted by Gasteiger charge is -2.56. The standard InChI is InChI=1S/C45H53N7O7S/c1-29(2)35-6-3-4-7-36(35)39-8-5-17-52(39)31-24-45(25-31)14-18-51(19-15-45)41-12-10-37(44(49-41)59-32-22-30-13-16-47-42(30)48-26-32)43(53)50-60(54,55)34-9-11-40(38(46)23-34)58-28-33-27-56-20-21-57-33/h3-4,6-7,9-13,16,22-23,26,29,31,33,39H,5,8,14-15,17-21,24-25,27-28,46H2,1-2H3,(H,47,48)(H,50,53). The molecule has 4 aliphatic rings. The molecule has 14 nitrogen and oxygen atoms in total. The van der Waals surface area contributed by atoms with Crippen LogP contribution in [-0.2, 0) is 19.5 Å². The van der Waals surface area contributed by atoms with Crippen LogP contribution in [0.25, 0.3) is 11.0 Å². The van der Waals surface area contributed by atoms with Crippen molar-refractivity contribution in [1.29, 1.82) is 0 Å². The van der Waals surface area contributed by atoms with Crippen molar-refractivity contribution in [3.05, 3.63) is 95.8 Å². The van der Waals surface area contributed by atoms with Crippen molar-refractivity contribution in [3.63, 3.8) is 0 Å². The largest absolute Gasteiger partial charge is 0.489 e. The van der Waals surface area contributed by atoms with Gasteiger partial charge in [-0.05, 0) is 110 Å². The smallest absolute Gasteiger partial charge is 0.270 e. The van der Waals surface area contributed by atoms with Gasteiger partial charge in [-0.1, -0.05) is 38.1 Å². The number of aromatic nitrogens is 3. The van der Waals surface area contributed by atoms with Crippen LogP contribution in [-0.4, -0.2) is 92.4 Å². The van der Waals surface area contributed by atoms with Gasteiger partial charge in [-0.25, -0.2) is 18.1 Å². The predicted octanol–water partition coefficient (Wildman–Crippen LogP) is 6.95. The third-order valence-corrected chi connectivity index (χ3v) is 14.1. The number of benzene rings is 2. The number of pyridine rings is 2. The van der Waals surface area contributed by atoms with Gasteiger partial charge in [-0.2, -0.15) is 4.98 Å². The SMILES string of the molecule is CC(C)c1ccccc1C1CCCN1C1CC2(CCN(c3ccc(C(=O)NS(=O)(=O)c4ccc(OCC5COCCO5)c(N)c4)c(Oc4cnc5[nH]ccc5c4)n3)CC2)C1. The van der Waals surface area contributed by atoms with Crippen LogP contribution >= 0.6 is 0 Å². The average Bonchev–Trinajstić information content (AvgIpc) is 3.93. The summed E-state index contributed by atoms with van der Waals surface area (Å²) >= 11 is 0. The summed E-state index contributed by atoms with van der Waals surface area (Å²) in [5.41, 5.74) is 10.2. The number of nitrogens with one attached hydrogen (secondary N) is 2. The molecule has 2 unspecified atom stereocenters. The number of carbonyl (C=O) groups is 1. The first-order valence-corrected chi connectivity index (χ1v) is 22.5. The number of H-pyrrole nitrogens is 1. The Kier molecular flexibility index (Phi) is 11.2. The van der Waals surface area contributed by atoms with E-state index in [-0.39, 0.29) is 34.7 Å². The molecule has 4 N–H and O–H groups in total. The van der Waals surface area contributed by atoms with Gasteiger partial charge in [0.15, 0.2) is 0 Å². The molecule has 316 valence electrons. The minimum Gasteiger partial charge on any atom is -0.489 e. The van der Waals surface area contributed by atoms with Crippen molar-refractivity contribution in [1.82, 2.24) is 24.6 Å². The Bertz CT molecular complexity index is 2450. The number of hydrogen-bond acceptors (Lipinski definition) is 12. The monoisotopic (exact) mass is 835 g/mol. The lowest BCUT2D eigenvalue weighted by molar-refractivity contribution is -0.101. The van der Waals surface area contributed by atoms with E-state index in [1.54, 1.807) is 24.4 Å². The summed E-state index contributed by atoms with van der Waals surface area (Å²) in [6.45, 7) is 8.96. The number of aromatic amines is 1. The maximum Gasteiger partial charge on any atom is 0.270 e. The fourth-order valence-electron chi connectivity index (χ4n) is 9.51. The highest BCUT2D eigenvalue weighted by atomic mass is 32.2. The summed E-state index contributed by atoms with van der Waals surface area (Å²) in [7, 11) is -4.36. The first kappa shape index (κ1) is 40.2. The van der Waals surface area contributed by atoms with Gasteiger partial charge in [-0.3, -0.25) is 9.69 Å². The number of hydrogen-bond donors (Lipinski definition) is 3. The van der Waals surface area contributed by atoms with Gasteiger partial charge in [0, 0.05) is 36.8 Å². The number of sulfonamides is 1. The van der Waals surface area contributed by atoms with Gasteiger partial charge in [0.05, 0.1) is 36.6 Å². The Labute approximate surface area is 350 Å². The van der Waals surface area contributed by atoms with Crippen molar-refractivity contribution >= 4 is 38.5 Å². The zero-order valence-electron chi connectivity index (χ0n) is 34.1. The van der Waals surface area contributed by atoms with Crippen LogP contribution in [0.5, 0.6) is 17.4 Å². The fraction of sp³-hybridized carbons (Fsp3) is 0.444. The fourth-order valence-corrected chi connectivity index (χ4v) is 10.5. The predicted molar refractivity (Wildman–Crippen MR) is 228 cm³/mol. The molecule has 3 saturated heterocycles. The lowest BCUT2D eigenvalue weighted by atomic mass is 9.60. The van der Waals surface area contributed by atoms with Gasteiger partial charge < -0.3 is 34.6 Å². The Morgan fingerprint density at radius 3 is 2.67 bits per heavy atom. The van der Waals surface area contributed by atoms with E-state index in [4.69, 9.17) is 29.7 Å². The maximum absolute atomic E-state index is 13.8. The molecule has 2 aromatic carbocycles. The zero-order valence-corrected chi connectivity index (χ0v) is 35.0. The Hall–Kier alpha value is -5.22. The summed E-state index contributed by atoms with van der Waals surface area (Å²) < 4.78 is 52.4. The molecule has 5 aromatic rings. The average molecular weight is 836 g/mol. The van der Waals surface area contributed by atoms with E-state index in [1.807, 2.05) is 6.07 Å². The first-order chi connectivity index (χ1) is 29.0. The van der Waals surface area contributed by atoms with Crippen LogP contribution < -0.4 is 24.8 Å². The van der Waals surface area contributed by atoms with Crippen molar-refractivity contribution in [2.24, 2.45) is 5.41 Å². The highest BCUT2D eigenvalue weighted by Gasteiger charge is 2.50. The lowest BCUT2D eigenvalue weighted by Crippen LogP contribution is -2.55. The van der Waals surface area contributed by atoms with Gasteiger partial charge in [0.2, 0.25) is 5.88 Å². The minimum atomic E-state index is -4.36. The number of nitrogens with zero attached hydrogens (tertiary/aromatic N) is 4. The molecule has 1 aliphatic carbocycles. The Balaban J connectivity index is 0.888. The van der Waals surface area contributed by atoms with Crippen LogP contribution in [0.4, 0.5) is 11.5 Å². The second-order valence-electron chi connectivity index (χ2n) is 17.0. The summed E-state index contributed by atoms with van der Waals surface area (Å²) in [5, 5.41) is 0.811. The summed E-state index contributed by atoms with van der Waals surface area (Å²) in [6, 6.07) is 21.1. The van der Waals surface area contributed by atoms with Crippen molar-refractivity contribution < 1.29 is 32.2 Å². The second-order valence-corrected chi connectivity index (χ2v) is 18.6. The third-order valence-electron chi connectivity index (χ3n) is 12.7. The number of likely N-dealkylation sites (tertiary alicyclic amines) is 1.